The van der Waals surface area contributed by atoms with E-state index in [1.807, 2.05) is 25.1 Å². The summed E-state index contributed by atoms with van der Waals surface area (Å²) < 4.78 is 0. The summed E-state index contributed by atoms with van der Waals surface area (Å²) in [4.78, 5) is 11.8. The second-order valence-corrected chi connectivity index (χ2v) is 4.66. The van der Waals surface area contributed by atoms with Gasteiger partial charge in [-0.25, -0.2) is 0 Å². The smallest absolute Gasteiger partial charge is 0.251 e. The van der Waals surface area contributed by atoms with Gasteiger partial charge in [0.25, 0.3) is 5.91 Å². The first kappa shape index (κ1) is 13.6. The molecular weight excluding hydrogens is 212 g/mol. The lowest BCUT2D eigenvalue weighted by Crippen LogP contribution is -2.27. The van der Waals surface area contributed by atoms with E-state index in [0.717, 1.165) is 23.4 Å². The lowest BCUT2D eigenvalue weighted by Gasteiger charge is -2.11. The molecular formula is C14H22N2O. The molecule has 0 spiro atoms. The Morgan fingerprint density at radius 3 is 2.59 bits per heavy atom. The van der Waals surface area contributed by atoms with E-state index in [0.29, 0.717) is 12.5 Å². The van der Waals surface area contributed by atoms with Crippen LogP contribution in [0.4, 0.5) is 5.69 Å². The third kappa shape index (κ3) is 4.10. The first-order valence-electron chi connectivity index (χ1n) is 6.17. The van der Waals surface area contributed by atoms with Crippen molar-refractivity contribution in [3.05, 3.63) is 29.3 Å². The van der Waals surface area contributed by atoms with Crippen LogP contribution in [0.3, 0.4) is 0 Å². The van der Waals surface area contributed by atoms with E-state index in [-0.39, 0.29) is 5.91 Å². The Labute approximate surface area is 104 Å². The molecule has 0 aromatic heterocycles. The first-order chi connectivity index (χ1) is 8.04. The molecule has 17 heavy (non-hydrogen) atoms. The third-order valence-corrected chi connectivity index (χ3v) is 2.53. The molecule has 0 radical (unpaired) electrons. The summed E-state index contributed by atoms with van der Waals surface area (Å²) in [5.41, 5.74) is 2.92. The maximum absolute atomic E-state index is 11.8. The Bertz CT molecular complexity index is 386. The van der Waals surface area contributed by atoms with Crippen molar-refractivity contribution < 1.29 is 4.79 Å². The Balaban J connectivity index is 2.72. The van der Waals surface area contributed by atoms with Crippen LogP contribution in [0.5, 0.6) is 0 Å². The topological polar surface area (TPSA) is 41.1 Å². The van der Waals surface area contributed by atoms with Crippen LogP contribution >= 0.6 is 0 Å². The fraction of sp³-hybridized carbons (Fsp3) is 0.500. The molecule has 3 nitrogen and oxygen atoms in total. The normalized spacial score (nSPS) is 10.4. The largest absolute Gasteiger partial charge is 0.385 e. The van der Waals surface area contributed by atoms with Crippen molar-refractivity contribution in [1.82, 2.24) is 5.32 Å². The van der Waals surface area contributed by atoms with Crippen molar-refractivity contribution in [2.75, 3.05) is 18.4 Å². The molecule has 0 heterocycles. The summed E-state index contributed by atoms with van der Waals surface area (Å²) in [5, 5.41) is 6.18. The van der Waals surface area contributed by atoms with Crippen LogP contribution in [-0.2, 0) is 0 Å². The number of carbonyl (C=O) groups excluding carboxylic acids is 1. The summed E-state index contributed by atoms with van der Waals surface area (Å²) in [6.45, 7) is 9.84. The maximum Gasteiger partial charge on any atom is 0.251 e. The van der Waals surface area contributed by atoms with Crippen molar-refractivity contribution in [2.45, 2.75) is 27.7 Å². The minimum atomic E-state index is 0.00449. The number of carbonyl (C=O) groups is 1. The van der Waals surface area contributed by atoms with Crippen LogP contribution in [0, 0.1) is 12.8 Å². The fourth-order valence-electron chi connectivity index (χ4n) is 1.59. The Kier molecular flexibility index (Phi) is 5.01. The standard InChI is InChI=1S/C14H22N2O/c1-5-15-13-7-6-12(8-11(13)4)14(17)16-9-10(2)3/h6-8,10,15H,5,9H2,1-4H3,(H,16,17). The van der Waals surface area contributed by atoms with Crippen LogP contribution in [0.1, 0.15) is 36.7 Å². The number of aryl methyl sites for hydroxylation is 1. The molecule has 3 heteroatoms. The molecule has 0 fully saturated rings. The summed E-state index contributed by atoms with van der Waals surface area (Å²) in [5.74, 6) is 0.478. The van der Waals surface area contributed by atoms with Gasteiger partial charge >= 0.3 is 0 Å². The highest BCUT2D eigenvalue weighted by molar-refractivity contribution is 5.94. The molecule has 0 unspecified atom stereocenters. The van der Waals surface area contributed by atoms with Gasteiger partial charge in [0.2, 0.25) is 0 Å². The zero-order valence-corrected chi connectivity index (χ0v) is 11.1. The van der Waals surface area contributed by atoms with Crippen molar-refractivity contribution in [3.8, 4) is 0 Å². The van der Waals surface area contributed by atoms with Gasteiger partial charge in [-0.3, -0.25) is 4.79 Å². The summed E-state index contributed by atoms with van der Waals surface area (Å²) in [6, 6.07) is 5.75. The van der Waals surface area contributed by atoms with Crippen molar-refractivity contribution in [1.29, 1.82) is 0 Å². The van der Waals surface area contributed by atoms with E-state index in [1.54, 1.807) is 0 Å². The summed E-state index contributed by atoms with van der Waals surface area (Å²) >= 11 is 0. The fourth-order valence-corrected chi connectivity index (χ4v) is 1.59. The number of hydrogen-bond donors (Lipinski definition) is 2. The highest BCUT2D eigenvalue weighted by Crippen LogP contribution is 2.16. The predicted molar refractivity (Wildman–Crippen MR) is 72.5 cm³/mol. The van der Waals surface area contributed by atoms with Gasteiger partial charge in [-0.1, -0.05) is 13.8 Å². The highest BCUT2D eigenvalue weighted by atomic mass is 16.1. The van der Waals surface area contributed by atoms with Crippen LogP contribution in [0.25, 0.3) is 0 Å². The van der Waals surface area contributed by atoms with Gasteiger partial charge in [0.1, 0.15) is 0 Å². The van der Waals surface area contributed by atoms with Crippen LogP contribution in [0.15, 0.2) is 18.2 Å². The highest BCUT2D eigenvalue weighted by Gasteiger charge is 2.07. The molecule has 0 aliphatic heterocycles. The zero-order chi connectivity index (χ0) is 12.8. The Hall–Kier alpha value is -1.51. The molecule has 1 amide bonds. The van der Waals surface area contributed by atoms with Crippen LogP contribution in [0.2, 0.25) is 0 Å². The minimum Gasteiger partial charge on any atom is -0.385 e. The average Bonchev–Trinajstić information content (AvgIpc) is 2.28. The summed E-state index contributed by atoms with van der Waals surface area (Å²) in [7, 11) is 0. The molecule has 0 aliphatic rings. The number of benzene rings is 1. The van der Waals surface area contributed by atoms with Gasteiger partial charge in [-0.2, -0.15) is 0 Å². The number of anilines is 1. The molecule has 2 N–H and O–H groups in total. The lowest BCUT2D eigenvalue weighted by molar-refractivity contribution is 0.0949. The van der Waals surface area contributed by atoms with E-state index in [2.05, 4.69) is 31.4 Å². The zero-order valence-electron chi connectivity index (χ0n) is 11.1. The molecule has 1 aromatic carbocycles. The average molecular weight is 234 g/mol. The molecule has 1 rings (SSSR count). The van der Waals surface area contributed by atoms with Crippen molar-refractivity contribution in [2.24, 2.45) is 5.92 Å². The second-order valence-electron chi connectivity index (χ2n) is 4.66. The molecule has 0 saturated carbocycles. The molecule has 0 saturated heterocycles. The van der Waals surface area contributed by atoms with Gasteiger partial charge in [0.15, 0.2) is 0 Å². The van der Waals surface area contributed by atoms with Crippen molar-refractivity contribution in [3.63, 3.8) is 0 Å². The lowest BCUT2D eigenvalue weighted by atomic mass is 10.1. The van der Waals surface area contributed by atoms with Crippen LogP contribution < -0.4 is 10.6 Å². The minimum absolute atomic E-state index is 0.00449. The Morgan fingerprint density at radius 1 is 1.35 bits per heavy atom. The van der Waals surface area contributed by atoms with Gasteiger partial charge in [0.05, 0.1) is 0 Å². The van der Waals surface area contributed by atoms with Gasteiger partial charge in [0, 0.05) is 24.3 Å². The molecule has 0 bridgehead atoms. The molecule has 0 atom stereocenters. The van der Waals surface area contributed by atoms with Gasteiger partial charge < -0.3 is 10.6 Å². The van der Waals surface area contributed by atoms with E-state index in [9.17, 15) is 4.79 Å². The number of hydrogen-bond acceptors (Lipinski definition) is 2. The molecule has 94 valence electrons. The monoisotopic (exact) mass is 234 g/mol. The van der Waals surface area contributed by atoms with Crippen molar-refractivity contribution >= 4 is 11.6 Å². The maximum atomic E-state index is 11.8. The number of rotatable bonds is 5. The van der Waals surface area contributed by atoms with Gasteiger partial charge in [-0.15, -0.1) is 0 Å². The van der Waals surface area contributed by atoms with Gasteiger partial charge in [-0.05, 0) is 43.5 Å². The van der Waals surface area contributed by atoms with Crippen LogP contribution in [-0.4, -0.2) is 19.0 Å². The molecule has 0 aliphatic carbocycles. The Morgan fingerprint density at radius 2 is 2.06 bits per heavy atom. The predicted octanol–water partition coefficient (Wildman–Crippen LogP) is 2.81. The van der Waals surface area contributed by atoms with E-state index in [4.69, 9.17) is 0 Å². The first-order valence-corrected chi connectivity index (χ1v) is 6.17. The number of amides is 1. The SMILES string of the molecule is CCNc1ccc(C(=O)NCC(C)C)cc1C. The third-order valence-electron chi connectivity index (χ3n) is 2.53. The van der Waals surface area contributed by atoms with E-state index >= 15 is 0 Å². The number of nitrogens with one attached hydrogen (secondary N) is 2. The molecule has 1 aromatic rings. The van der Waals surface area contributed by atoms with E-state index in [1.165, 1.54) is 0 Å². The second kappa shape index (κ2) is 6.28. The quantitative estimate of drug-likeness (QED) is 0.822. The van der Waals surface area contributed by atoms with E-state index < -0.39 is 0 Å². The summed E-state index contributed by atoms with van der Waals surface area (Å²) in [6.07, 6.45) is 0.